The molecule has 1 aliphatic rings. The number of carbonyl (C=O) groups is 1. The molecule has 0 saturated carbocycles. The summed E-state index contributed by atoms with van der Waals surface area (Å²) >= 11 is 0. The van der Waals surface area contributed by atoms with Crippen molar-refractivity contribution < 1.29 is 19.6 Å². The maximum absolute atomic E-state index is 11.1. The first-order valence-electron chi connectivity index (χ1n) is 7.35. The molecule has 0 radical (unpaired) electrons. The maximum Gasteiger partial charge on any atom is 0.407 e. The van der Waals surface area contributed by atoms with Crippen LogP contribution < -0.4 is 4.74 Å². The Labute approximate surface area is 133 Å². The Morgan fingerprint density at radius 2 is 2.09 bits per heavy atom. The molecule has 1 N–H and O–H groups in total. The van der Waals surface area contributed by atoms with Crippen molar-refractivity contribution in [2.75, 3.05) is 26.2 Å². The summed E-state index contributed by atoms with van der Waals surface area (Å²) in [6.07, 6.45) is 0.265. The zero-order valence-electron chi connectivity index (χ0n) is 13.1. The van der Waals surface area contributed by atoms with Crippen LogP contribution in [0, 0.1) is 10.1 Å². The Kier molecular flexibility index (Phi) is 5.32. The van der Waals surface area contributed by atoms with Crippen molar-refractivity contribution in [1.82, 2.24) is 14.8 Å². The maximum atomic E-state index is 11.1. The normalized spacial score (nSPS) is 21.9. The van der Waals surface area contributed by atoms with Gasteiger partial charge in [0.15, 0.2) is 0 Å². The monoisotopic (exact) mass is 324 g/mol. The first-order chi connectivity index (χ1) is 10.9. The van der Waals surface area contributed by atoms with Gasteiger partial charge in [-0.05, 0) is 13.8 Å². The number of nitro groups is 1. The lowest BCUT2D eigenvalue weighted by atomic mass is 10.1. The number of rotatable bonds is 5. The zero-order chi connectivity index (χ0) is 17.0. The molecule has 2 unspecified atom stereocenters. The molecule has 0 bridgehead atoms. The third kappa shape index (κ3) is 4.28. The Hall–Kier alpha value is -2.42. The second-order valence-corrected chi connectivity index (χ2v) is 5.58. The van der Waals surface area contributed by atoms with Crippen LogP contribution in [0.15, 0.2) is 18.3 Å². The molecular weight excluding hydrogens is 304 g/mol. The van der Waals surface area contributed by atoms with Crippen molar-refractivity contribution in [2.24, 2.45) is 0 Å². The molecule has 2 atom stereocenters. The van der Waals surface area contributed by atoms with Gasteiger partial charge in [-0.15, -0.1) is 0 Å². The van der Waals surface area contributed by atoms with Crippen LogP contribution in [0.3, 0.4) is 0 Å². The molecule has 2 heterocycles. The molecule has 2 rings (SSSR count). The van der Waals surface area contributed by atoms with Gasteiger partial charge in [0.1, 0.15) is 12.8 Å². The molecule has 9 nitrogen and oxygen atoms in total. The molecule has 9 heteroatoms. The van der Waals surface area contributed by atoms with E-state index in [-0.39, 0.29) is 17.8 Å². The van der Waals surface area contributed by atoms with Crippen molar-refractivity contribution in [1.29, 1.82) is 0 Å². The van der Waals surface area contributed by atoms with E-state index < -0.39 is 11.0 Å². The molecular formula is C14H20N4O5. The predicted molar refractivity (Wildman–Crippen MR) is 81.6 cm³/mol. The minimum Gasteiger partial charge on any atom is -0.476 e. The van der Waals surface area contributed by atoms with Gasteiger partial charge in [-0.3, -0.25) is 15.0 Å². The average molecular weight is 324 g/mol. The van der Waals surface area contributed by atoms with Crippen molar-refractivity contribution in [3.8, 4) is 5.88 Å². The summed E-state index contributed by atoms with van der Waals surface area (Å²) in [5, 5.41) is 19.6. The molecule has 0 aliphatic carbocycles. The Bertz CT molecular complexity index is 553. The smallest absolute Gasteiger partial charge is 0.407 e. The van der Waals surface area contributed by atoms with Gasteiger partial charge in [-0.2, -0.15) is 0 Å². The van der Waals surface area contributed by atoms with Crippen LogP contribution in [-0.4, -0.2) is 69.2 Å². The van der Waals surface area contributed by atoms with E-state index in [4.69, 9.17) is 9.84 Å². The van der Waals surface area contributed by atoms with Gasteiger partial charge in [-0.25, -0.2) is 9.78 Å². The fraction of sp³-hybridized carbons (Fsp3) is 0.571. The number of ether oxygens (including phenoxy) is 1. The van der Waals surface area contributed by atoms with Crippen LogP contribution in [0.1, 0.15) is 13.8 Å². The van der Waals surface area contributed by atoms with Crippen molar-refractivity contribution in [2.45, 2.75) is 25.9 Å². The fourth-order valence-corrected chi connectivity index (χ4v) is 2.78. The van der Waals surface area contributed by atoms with Crippen LogP contribution in [0.25, 0.3) is 0 Å². The van der Waals surface area contributed by atoms with Crippen LogP contribution in [0.4, 0.5) is 10.5 Å². The summed E-state index contributed by atoms with van der Waals surface area (Å²) < 4.78 is 5.51. The molecule has 1 aromatic heterocycles. The SMILES string of the molecule is CC1CN(C(=O)O)CC(C)N1CCOc1ccc([N+](=O)[O-])cn1. The lowest BCUT2D eigenvalue weighted by Gasteiger charge is -2.43. The first-order valence-corrected chi connectivity index (χ1v) is 7.35. The van der Waals surface area contributed by atoms with Gasteiger partial charge >= 0.3 is 6.09 Å². The summed E-state index contributed by atoms with van der Waals surface area (Å²) in [4.78, 5) is 28.6. The van der Waals surface area contributed by atoms with Crippen molar-refractivity contribution >= 4 is 11.8 Å². The van der Waals surface area contributed by atoms with E-state index in [2.05, 4.69) is 9.88 Å². The molecule has 0 spiro atoms. The number of amides is 1. The standard InChI is InChI=1S/C14H20N4O5/c1-10-8-16(14(19)20)9-11(2)17(10)5-6-23-13-4-3-12(7-15-13)18(21)22/h3-4,7,10-11H,5-6,8-9H2,1-2H3,(H,19,20). The molecule has 23 heavy (non-hydrogen) atoms. The molecule has 1 aromatic rings. The molecule has 1 amide bonds. The van der Waals surface area contributed by atoms with Gasteiger partial charge in [0.05, 0.1) is 4.92 Å². The molecule has 126 valence electrons. The van der Waals surface area contributed by atoms with E-state index in [9.17, 15) is 14.9 Å². The highest BCUT2D eigenvalue weighted by Gasteiger charge is 2.31. The van der Waals surface area contributed by atoms with Gasteiger partial charge in [0, 0.05) is 43.9 Å². The Balaban J connectivity index is 1.83. The van der Waals surface area contributed by atoms with E-state index in [1.54, 1.807) is 0 Å². The van der Waals surface area contributed by atoms with Gasteiger partial charge in [0.25, 0.3) is 5.69 Å². The van der Waals surface area contributed by atoms with Crippen LogP contribution in [0.5, 0.6) is 5.88 Å². The largest absolute Gasteiger partial charge is 0.476 e. The minimum atomic E-state index is -0.894. The number of pyridine rings is 1. The summed E-state index contributed by atoms with van der Waals surface area (Å²) in [6, 6.07) is 3.01. The summed E-state index contributed by atoms with van der Waals surface area (Å²) in [7, 11) is 0. The number of nitrogens with zero attached hydrogens (tertiary/aromatic N) is 4. The predicted octanol–water partition coefficient (Wildman–Crippen LogP) is 1.44. The number of hydrogen-bond acceptors (Lipinski definition) is 6. The molecule has 1 aliphatic heterocycles. The van der Waals surface area contributed by atoms with Crippen molar-refractivity contribution in [3.05, 3.63) is 28.4 Å². The van der Waals surface area contributed by atoms with E-state index >= 15 is 0 Å². The molecule has 0 aromatic carbocycles. The van der Waals surface area contributed by atoms with Crippen LogP contribution >= 0.6 is 0 Å². The van der Waals surface area contributed by atoms with E-state index in [0.717, 1.165) is 6.20 Å². The third-order valence-electron chi connectivity index (χ3n) is 3.90. The summed E-state index contributed by atoms with van der Waals surface area (Å²) in [5.41, 5.74) is -0.0793. The molecule has 1 fully saturated rings. The highest BCUT2D eigenvalue weighted by atomic mass is 16.6. The summed E-state index contributed by atoms with van der Waals surface area (Å²) in [6.45, 7) is 5.91. The van der Waals surface area contributed by atoms with E-state index in [1.165, 1.54) is 17.0 Å². The van der Waals surface area contributed by atoms with Crippen molar-refractivity contribution in [3.63, 3.8) is 0 Å². The number of hydrogen-bond donors (Lipinski definition) is 1. The van der Waals surface area contributed by atoms with Crippen LogP contribution in [-0.2, 0) is 0 Å². The number of carboxylic acid groups (broad SMARTS) is 1. The summed E-state index contributed by atoms with van der Waals surface area (Å²) in [5.74, 6) is 0.333. The Morgan fingerprint density at radius 1 is 1.43 bits per heavy atom. The average Bonchev–Trinajstić information content (AvgIpc) is 2.50. The Morgan fingerprint density at radius 3 is 2.57 bits per heavy atom. The van der Waals surface area contributed by atoms with E-state index in [0.29, 0.717) is 32.1 Å². The van der Waals surface area contributed by atoms with Gasteiger partial charge in [-0.1, -0.05) is 0 Å². The lowest BCUT2D eigenvalue weighted by molar-refractivity contribution is -0.385. The second kappa shape index (κ2) is 7.23. The highest BCUT2D eigenvalue weighted by Crippen LogP contribution is 2.17. The van der Waals surface area contributed by atoms with Crippen LogP contribution in [0.2, 0.25) is 0 Å². The molecule has 1 saturated heterocycles. The van der Waals surface area contributed by atoms with Gasteiger partial charge in [0.2, 0.25) is 5.88 Å². The quantitative estimate of drug-likeness (QED) is 0.644. The lowest BCUT2D eigenvalue weighted by Crippen LogP contribution is -2.58. The highest BCUT2D eigenvalue weighted by molar-refractivity contribution is 5.65. The van der Waals surface area contributed by atoms with E-state index in [1.807, 2.05) is 13.8 Å². The number of aromatic nitrogens is 1. The topological polar surface area (TPSA) is 109 Å². The zero-order valence-corrected chi connectivity index (χ0v) is 13.1. The third-order valence-corrected chi connectivity index (χ3v) is 3.90. The fourth-order valence-electron chi connectivity index (χ4n) is 2.78. The minimum absolute atomic E-state index is 0.0793. The van der Waals surface area contributed by atoms with Gasteiger partial charge < -0.3 is 14.7 Å². The second-order valence-electron chi connectivity index (χ2n) is 5.58. The number of piperazine rings is 1. The first kappa shape index (κ1) is 16.9.